The topological polar surface area (TPSA) is 29.5 Å². The molecule has 0 radical (unpaired) electrons. The maximum atomic E-state index is 10.3. The Labute approximate surface area is 67.7 Å². The number of carbonyl (C=O) groups excluding carboxylic acids is 1. The predicted octanol–water partition coefficient (Wildman–Crippen LogP) is 1.23. The fourth-order valence-electron chi connectivity index (χ4n) is 0.535. The molecular formula is C6H14ClNO2. The number of hydrogen-bond acceptors (Lipinski definition) is 3. The Morgan fingerprint density at radius 1 is 1.40 bits per heavy atom. The van der Waals surface area contributed by atoms with Crippen LogP contribution in [0.5, 0.6) is 0 Å². The molecule has 0 aromatic carbocycles. The van der Waals surface area contributed by atoms with Crippen molar-refractivity contribution in [3.8, 4) is 0 Å². The van der Waals surface area contributed by atoms with Crippen molar-refractivity contribution < 1.29 is 9.63 Å². The van der Waals surface area contributed by atoms with Gasteiger partial charge in [-0.2, -0.15) is 0 Å². The number of hydroxylamine groups is 2. The van der Waals surface area contributed by atoms with Gasteiger partial charge in [0.15, 0.2) is 0 Å². The summed E-state index contributed by atoms with van der Waals surface area (Å²) >= 11 is 0. The normalized spacial score (nSPS) is 8.80. The van der Waals surface area contributed by atoms with Crippen LogP contribution < -0.4 is 0 Å². The lowest BCUT2D eigenvalue weighted by atomic mass is 10.6. The van der Waals surface area contributed by atoms with Crippen LogP contribution in [0.2, 0.25) is 0 Å². The number of halogens is 1. The molecule has 0 aliphatic heterocycles. The molecule has 0 heterocycles. The summed E-state index contributed by atoms with van der Waals surface area (Å²) in [5.41, 5.74) is 0. The maximum Gasteiger partial charge on any atom is 0.322 e. The van der Waals surface area contributed by atoms with E-state index in [2.05, 4.69) is 0 Å². The lowest BCUT2D eigenvalue weighted by Crippen LogP contribution is -2.25. The monoisotopic (exact) mass is 167 g/mol. The van der Waals surface area contributed by atoms with E-state index in [-0.39, 0.29) is 18.4 Å². The molecule has 3 nitrogen and oxygen atoms in total. The summed E-state index contributed by atoms with van der Waals surface area (Å²) < 4.78 is 0. The minimum atomic E-state index is -0.251. The van der Waals surface area contributed by atoms with Crippen LogP contribution in [0, 0.1) is 0 Å². The van der Waals surface area contributed by atoms with E-state index >= 15 is 0 Å². The van der Waals surface area contributed by atoms with Gasteiger partial charge in [0.25, 0.3) is 0 Å². The van der Waals surface area contributed by atoms with Crippen LogP contribution >= 0.6 is 12.4 Å². The van der Waals surface area contributed by atoms with Crippen molar-refractivity contribution in [3.05, 3.63) is 0 Å². The van der Waals surface area contributed by atoms with Gasteiger partial charge in [-0.25, -0.2) is 0 Å². The molecule has 0 rings (SSSR count). The Morgan fingerprint density at radius 3 is 1.90 bits per heavy atom. The van der Waals surface area contributed by atoms with Gasteiger partial charge in [0.2, 0.25) is 0 Å². The first-order valence-corrected chi connectivity index (χ1v) is 3.14. The fraction of sp³-hybridized carbons (Fsp3) is 0.833. The third-order valence-corrected chi connectivity index (χ3v) is 0.963. The molecule has 0 spiro atoms. The van der Waals surface area contributed by atoms with Gasteiger partial charge in [0, 0.05) is 20.0 Å². The summed E-state index contributed by atoms with van der Waals surface area (Å²) in [7, 11) is 0. The standard InChI is InChI=1S/C6H13NO2.ClH/c1-4-7(5-2)9-6(3)8;/h4-5H2,1-3H3;1H. The molecule has 0 unspecified atom stereocenters. The van der Waals surface area contributed by atoms with Crippen LogP contribution in [-0.2, 0) is 9.63 Å². The smallest absolute Gasteiger partial charge is 0.322 e. The van der Waals surface area contributed by atoms with Gasteiger partial charge in [0.1, 0.15) is 0 Å². The number of rotatable bonds is 3. The van der Waals surface area contributed by atoms with Crippen molar-refractivity contribution in [1.82, 2.24) is 5.06 Å². The Bertz CT molecular complexity index is 93.7. The summed E-state index contributed by atoms with van der Waals surface area (Å²) in [5.74, 6) is -0.251. The van der Waals surface area contributed by atoms with E-state index in [0.29, 0.717) is 0 Å². The Hall–Kier alpha value is -0.280. The molecule has 0 fully saturated rings. The summed E-state index contributed by atoms with van der Waals surface area (Å²) in [6, 6.07) is 0. The number of nitrogens with zero attached hydrogens (tertiary/aromatic N) is 1. The lowest BCUT2D eigenvalue weighted by molar-refractivity contribution is -0.185. The van der Waals surface area contributed by atoms with Gasteiger partial charge in [-0.05, 0) is 13.8 Å². The summed E-state index contributed by atoms with van der Waals surface area (Å²) in [5, 5.41) is 1.60. The van der Waals surface area contributed by atoms with Crippen LogP contribution in [0.25, 0.3) is 0 Å². The zero-order valence-electron chi connectivity index (χ0n) is 6.59. The molecule has 4 heteroatoms. The highest BCUT2D eigenvalue weighted by molar-refractivity contribution is 5.85. The molecule has 0 saturated carbocycles. The van der Waals surface area contributed by atoms with Gasteiger partial charge < -0.3 is 4.84 Å². The molecule has 0 aliphatic rings. The van der Waals surface area contributed by atoms with E-state index in [9.17, 15) is 4.79 Å². The first-order valence-electron chi connectivity index (χ1n) is 3.14. The number of hydrogen-bond donors (Lipinski definition) is 0. The SMILES string of the molecule is CCN(CC)OC(C)=O.Cl. The molecular weight excluding hydrogens is 154 g/mol. The van der Waals surface area contributed by atoms with E-state index in [0.717, 1.165) is 13.1 Å². The van der Waals surface area contributed by atoms with Gasteiger partial charge in [0.05, 0.1) is 0 Å². The molecule has 10 heavy (non-hydrogen) atoms. The molecule has 0 atom stereocenters. The van der Waals surface area contributed by atoms with Crippen LogP contribution in [0.4, 0.5) is 0 Å². The molecule has 0 aliphatic carbocycles. The minimum Gasteiger partial charge on any atom is -0.368 e. The molecule has 0 amide bonds. The maximum absolute atomic E-state index is 10.3. The molecule has 0 aromatic rings. The average Bonchev–Trinajstić information content (AvgIpc) is 1.82. The molecule has 0 bridgehead atoms. The van der Waals surface area contributed by atoms with Crippen molar-refractivity contribution in [1.29, 1.82) is 0 Å². The molecule has 0 aromatic heterocycles. The van der Waals surface area contributed by atoms with Crippen molar-refractivity contribution in [2.24, 2.45) is 0 Å². The van der Waals surface area contributed by atoms with Gasteiger partial charge in [-0.1, -0.05) is 0 Å². The highest BCUT2D eigenvalue weighted by Crippen LogP contribution is 1.87. The zero-order valence-corrected chi connectivity index (χ0v) is 7.40. The second kappa shape index (κ2) is 6.83. The van der Waals surface area contributed by atoms with Gasteiger partial charge >= 0.3 is 5.97 Å². The Kier molecular flexibility index (Phi) is 8.48. The van der Waals surface area contributed by atoms with E-state index in [4.69, 9.17) is 4.84 Å². The van der Waals surface area contributed by atoms with Gasteiger partial charge in [-0.15, -0.1) is 17.5 Å². The van der Waals surface area contributed by atoms with E-state index < -0.39 is 0 Å². The zero-order chi connectivity index (χ0) is 7.28. The fourth-order valence-corrected chi connectivity index (χ4v) is 0.535. The summed E-state index contributed by atoms with van der Waals surface area (Å²) in [6.07, 6.45) is 0. The lowest BCUT2D eigenvalue weighted by Gasteiger charge is -2.15. The summed E-state index contributed by atoms with van der Waals surface area (Å²) in [6.45, 7) is 6.77. The molecule has 0 N–H and O–H groups in total. The highest BCUT2D eigenvalue weighted by Gasteiger charge is 2.00. The Morgan fingerprint density at radius 2 is 1.80 bits per heavy atom. The van der Waals surface area contributed by atoms with Gasteiger partial charge in [-0.3, -0.25) is 4.79 Å². The number of carbonyl (C=O) groups is 1. The van der Waals surface area contributed by atoms with Crippen LogP contribution in [0.15, 0.2) is 0 Å². The minimum absolute atomic E-state index is 0. The van der Waals surface area contributed by atoms with Crippen LogP contribution in [0.1, 0.15) is 20.8 Å². The molecule has 0 saturated heterocycles. The summed E-state index contributed by atoms with van der Waals surface area (Å²) in [4.78, 5) is 15.1. The van der Waals surface area contributed by atoms with E-state index in [1.54, 1.807) is 5.06 Å². The van der Waals surface area contributed by atoms with Crippen LogP contribution in [-0.4, -0.2) is 24.1 Å². The first-order chi connectivity index (χ1) is 4.20. The van der Waals surface area contributed by atoms with Crippen LogP contribution in [0.3, 0.4) is 0 Å². The van der Waals surface area contributed by atoms with Crippen molar-refractivity contribution in [2.75, 3.05) is 13.1 Å². The quantitative estimate of drug-likeness (QED) is 0.593. The van der Waals surface area contributed by atoms with E-state index in [1.165, 1.54) is 6.92 Å². The second-order valence-corrected chi connectivity index (χ2v) is 1.70. The predicted molar refractivity (Wildman–Crippen MR) is 41.9 cm³/mol. The largest absolute Gasteiger partial charge is 0.368 e. The Balaban J connectivity index is 0. The second-order valence-electron chi connectivity index (χ2n) is 1.70. The first kappa shape index (κ1) is 12.4. The third-order valence-electron chi connectivity index (χ3n) is 0.963. The third kappa shape index (κ3) is 5.85. The highest BCUT2D eigenvalue weighted by atomic mass is 35.5. The van der Waals surface area contributed by atoms with Crippen molar-refractivity contribution in [2.45, 2.75) is 20.8 Å². The van der Waals surface area contributed by atoms with E-state index in [1.807, 2.05) is 13.8 Å². The van der Waals surface area contributed by atoms with Crippen molar-refractivity contribution >= 4 is 18.4 Å². The van der Waals surface area contributed by atoms with Crippen molar-refractivity contribution in [3.63, 3.8) is 0 Å². The average molecular weight is 168 g/mol. The molecule has 62 valence electrons.